The maximum absolute atomic E-state index is 12.5. The molecule has 0 unspecified atom stereocenters. The summed E-state index contributed by atoms with van der Waals surface area (Å²) >= 11 is 5.25. The SMILES string of the molecule is CCCN(CC(=O)Nc1ccccc1OC)Cn1nc(-c2ccco2)oc1=S. The summed E-state index contributed by atoms with van der Waals surface area (Å²) in [6.07, 6.45) is 2.41. The van der Waals surface area contributed by atoms with Crippen LogP contribution in [0.15, 0.2) is 51.5 Å². The van der Waals surface area contributed by atoms with Crippen LogP contribution in [0.4, 0.5) is 5.69 Å². The average molecular weight is 402 g/mol. The number of nitrogens with one attached hydrogen (secondary N) is 1. The number of nitrogens with zero attached hydrogens (tertiary/aromatic N) is 3. The van der Waals surface area contributed by atoms with Gasteiger partial charge >= 0.3 is 0 Å². The minimum atomic E-state index is -0.153. The van der Waals surface area contributed by atoms with Crippen molar-refractivity contribution in [2.24, 2.45) is 0 Å². The van der Waals surface area contributed by atoms with Crippen LogP contribution in [0.2, 0.25) is 0 Å². The Bertz CT molecular complexity index is 964. The molecule has 0 radical (unpaired) electrons. The molecular weight excluding hydrogens is 380 g/mol. The predicted octanol–water partition coefficient (Wildman–Crippen LogP) is 3.78. The summed E-state index contributed by atoms with van der Waals surface area (Å²) in [5.41, 5.74) is 0.629. The average Bonchev–Trinajstić information content (AvgIpc) is 3.33. The van der Waals surface area contributed by atoms with E-state index in [1.807, 2.05) is 24.0 Å². The van der Waals surface area contributed by atoms with Crippen molar-refractivity contribution in [3.05, 3.63) is 47.5 Å². The fraction of sp³-hybridized carbons (Fsp3) is 0.316. The highest BCUT2D eigenvalue weighted by Crippen LogP contribution is 2.23. The van der Waals surface area contributed by atoms with Gasteiger partial charge in [-0.05, 0) is 42.9 Å². The summed E-state index contributed by atoms with van der Waals surface area (Å²) in [5, 5.41) is 7.23. The van der Waals surface area contributed by atoms with E-state index < -0.39 is 0 Å². The number of furan rings is 1. The van der Waals surface area contributed by atoms with Gasteiger partial charge in [0.2, 0.25) is 5.91 Å². The Kier molecular flexibility index (Phi) is 6.62. The summed E-state index contributed by atoms with van der Waals surface area (Å²) in [6.45, 7) is 3.25. The first-order valence-corrected chi connectivity index (χ1v) is 9.28. The molecule has 1 N–H and O–H groups in total. The van der Waals surface area contributed by atoms with E-state index in [4.69, 9.17) is 25.8 Å². The second-order valence-corrected chi connectivity index (χ2v) is 6.44. The molecular formula is C19H22N4O4S. The Labute approximate surface area is 167 Å². The third-order valence-corrected chi connectivity index (χ3v) is 4.25. The van der Waals surface area contributed by atoms with Gasteiger partial charge in [0, 0.05) is 6.54 Å². The van der Waals surface area contributed by atoms with E-state index in [1.54, 1.807) is 42.3 Å². The van der Waals surface area contributed by atoms with Gasteiger partial charge in [-0.15, -0.1) is 5.10 Å². The van der Waals surface area contributed by atoms with Crippen LogP contribution in [-0.2, 0) is 11.5 Å². The third kappa shape index (κ3) is 4.87. The quantitative estimate of drug-likeness (QED) is 0.545. The molecule has 3 aromatic rings. The van der Waals surface area contributed by atoms with Crippen molar-refractivity contribution in [2.45, 2.75) is 20.0 Å². The molecule has 1 aromatic carbocycles. The van der Waals surface area contributed by atoms with Crippen LogP contribution in [0, 0.1) is 4.84 Å². The lowest BCUT2D eigenvalue weighted by molar-refractivity contribution is -0.117. The molecule has 0 atom stereocenters. The van der Waals surface area contributed by atoms with Crippen molar-refractivity contribution >= 4 is 23.8 Å². The number of rotatable bonds is 9. The van der Waals surface area contributed by atoms with Crippen molar-refractivity contribution in [3.63, 3.8) is 0 Å². The van der Waals surface area contributed by atoms with Gasteiger partial charge in [-0.1, -0.05) is 19.1 Å². The van der Waals surface area contributed by atoms with Gasteiger partial charge in [0.1, 0.15) is 5.75 Å². The molecule has 0 aliphatic heterocycles. The van der Waals surface area contributed by atoms with E-state index in [0.717, 1.165) is 6.42 Å². The Hall–Kier alpha value is -2.91. The molecule has 2 heterocycles. The molecule has 0 saturated carbocycles. The molecule has 0 aliphatic carbocycles. The second-order valence-electron chi connectivity index (χ2n) is 6.09. The van der Waals surface area contributed by atoms with Crippen molar-refractivity contribution in [3.8, 4) is 17.4 Å². The summed E-state index contributed by atoms with van der Waals surface area (Å²) in [4.78, 5) is 14.7. The molecule has 9 heteroatoms. The molecule has 0 fully saturated rings. The number of anilines is 1. The Balaban J connectivity index is 1.68. The fourth-order valence-electron chi connectivity index (χ4n) is 2.74. The zero-order valence-electron chi connectivity index (χ0n) is 15.8. The van der Waals surface area contributed by atoms with E-state index >= 15 is 0 Å². The van der Waals surface area contributed by atoms with Crippen molar-refractivity contribution in [1.82, 2.24) is 14.7 Å². The Morgan fingerprint density at radius 3 is 2.86 bits per heavy atom. The van der Waals surface area contributed by atoms with Gasteiger partial charge in [-0.2, -0.15) is 0 Å². The summed E-state index contributed by atoms with van der Waals surface area (Å²) in [5.74, 6) is 1.27. The van der Waals surface area contributed by atoms with Gasteiger partial charge < -0.3 is 18.9 Å². The number of methoxy groups -OCH3 is 1. The van der Waals surface area contributed by atoms with E-state index in [2.05, 4.69) is 10.4 Å². The van der Waals surface area contributed by atoms with Crippen LogP contribution < -0.4 is 10.1 Å². The Morgan fingerprint density at radius 2 is 2.14 bits per heavy atom. The van der Waals surface area contributed by atoms with E-state index in [-0.39, 0.29) is 17.3 Å². The highest BCUT2D eigenvalue weighted by Gasteiger charge is 2.16. The number of hydrogen-bond acceptors (Lipinski definition) is 7. The number of amides is 1. The highest BCUT2D eigenvalue weighted by molar-refractivity contribution is 7.71. The van der Waals surface area contributed by atoms with E-state index in [1.165, 1.54) is 0 Å². The molecule has 0 bridgehead atoms. The standard InChI is InChI=1S/C19H22N4O4S/c1-3-10-22(12-17(24)20-14-7-4-5-8-15(14)25-2)13-23-19(28)27-18(21-23)16-9-6-11-26-16/h4-9,11H,3,10,12-13H2,1-2H3,(H,20,24). The zero-order valence-corrected chi connectivity index (χ0v) is 16.6. The monoisotopic (exact) mass is 402 g/mol. The molecule has 8 nitrogen and oxygen atoms in total. The summed E-state index contributed by atoms with van der Waals surface area (Å²) < 4.78 is 17.6. The number of para-hydroxylation sites is 2. The summed E-state index contributed by atoms with van der Waals surface area (Å²) in [7, 11) is 1.57. The predicted molar refractivity (Wildman–Crippen MR) is 107 cm³/mol. The van der Waals surface area contributed by atoms with Crippen molar-refractivity contribution in [1.29, 1.82) is 0 Å². The second kappa shape index (κ2) is 9.34. The minimum absolute atomic E-state index is 0.153. The minimum Gasteiger partial charge on any atom is -0.495 e. The van der Waals surface area contributed by atoms with Gasteiger partial charge in [0.25, 0.3) is 10.7 Å². The number of hydrogen-bond donors (Lipinski definition) is 1. The summed E-state index contributed by atoms with van der Waals surface area (Å²) in [6, 6.07) is 10.8. The van der Waals surface area contributed by atoms with E-state index in [9.17, 15) is 4.79 Å². The first kappa shape index (κ1) is 19.8. The number of aromatic nitrogens is 2. The molecule has 3 rings (SSSR count). The molecule has 2 aromatic heterocycles. The van der Waals surface area contributed by atoms with E-state index in [0.29, 0.717) is 36.3 Å². The van der Waals surface area contributed by atoms with Crippen molar-refractivity contribution < 1.29 is 18.4 Å². The van der Waals surface area contributed by atoms with Gasteiger partial charge in [-0.25, -0.2) is 4.68 Å². The van der Waals surface area contributed by atoms with Crippen LogP contribution in [0.5, 0.6) is 5.75 Å². The molecule has 148 valence electrons. The lowest BCUT2D eigenvalue weighted by Crippen LogP contribution is -2.35. The van der Waals surface area contributed by atoms with Crippen LogP contribution in [0.25, 0.3) is 11.7 Å². The Morgan fingerprint density at radius 1 is 1.32 bits per heavy atom. The lowest BCUT2D eigenvalue weighted by atomic mass is 10.3. The van der Waals surface area contributed by atoms with Gasteiger partial charge in [0.05, 0.1) is 32.3 Å². The number of ether oxygens (including phenoxy) is 1. The van der Waals surface area contributed by atoms with Crippen LogP contribution in [-0.4, -0.2) is 40.8 Å². The van der Waals surface area contributed by atoms with Crippen molar-refractivity contribution in [2.75, 3.05) is 25.5 Å². The van der Waals surface area contributed by atoms with Gasteiger partial charge in [-0.3, -0.25) is 9.69 Å². The molecule has 0 spiro atoms. The lowest BCUT2D eigenvalue weighted by Gasteiger charge is -2.20. The van der Waals surface area contributed by atoms with Gasteiger partial charge in [0.15, 0.2) is 5.76 Å². The maximum atomic E-state index is 12.5. The number of carbonyl (C=O) groups is 1. The third-order valence-electron chi connectivity index (χ3n) is 3.96. The molecule has 0 saturated heterocycles. The van der Waals surface area contributed by atoms with Crippen LogP contribution >= 0.6 is 12.2 Å². The zero-order chi connectivity index (χ0) is 19.9. The first-order valence-electron chi connectivity index (χ1n) is 8.87. The fourth-order valence-corrected chi connectivity index (χ4v) is 2.92. The first-order chi connectivity index (χ1) is 13.6. The normalized spacial score (nSPS) is 11.0. The molecule has 0 aliphatic rings. The number of carbonyl (C=O) groups excluding carboxylic acids is 1. The molecule has 1 amide bonds. The topological polar surface area (TPSA) is 85.7 Å². The maximum Gasteiger partial charge on any atom is 0.288 e. The largest absolute Gasteiger partial charge is 0.495 e. The highest BCUT2D eigenvalue weighted by atomic mass is 32.1. The molecule has 28 heavy (non-hydrogen) atoms. The van der Waals surface area contributed by atoms with Crippen LogP contribution in [0.3, 0.4) is 0 Å². The smallest absolute Gasteiger partial charge is 0.288 e. The number of benzene rings is 1. The van der Waals surface area contributed by atoms with Crippen LogP contribution in [0.1, 0.15) is 13.3 Å².